The number of amides is 2. The molecule has 0 bridgehead atoms. The van der Waals surface area contributed by atoms with Gasteiger partial charge in [-0.2, -0.15) is 0 Å². The van der Waals surface area contributed by atoms with E-state index < -0.39 is 0 Å². The van der Waals surface area contributed by atoms with E-state index in [9.17, 15) is 14.0 Å². The molecule has 0 atom stereocenters. The third kappa shape index (κ3) is 2.13. The van der Waals surface area contributed by atoms with Crippen molar-refractivity contribution in [3.05, 3.63) is 35.8 Å². The molecule has 3 rings (SSSR count). The van der Waals surface area contributed by atoms with Crippen LogP contribution in [0.2, 0.25) is 0 Å². The highest BCUT2D eigenvalue weighted by molar-refractivity contribution is 5.98. The molecule has 0 aliphatic carbocycles. The standard InChI is InChI=1S/C14H14FN3O2/c15-11-3-1-2-10-8-12(16-13(10)11)14(20)18-6-4-17(9-19)5-7-18/h1-3,8-9,16H,4-7H2. The second-order valence-electron chi connectivity index (χ2n) is 4.82. The van der Waals surface area contributed by atoms with E-state index >= 15 is 0 Å². The monoisotopic (exact) mass is 275 g/mol. The summed E-state index contributed by atoms with van der Waals surface area (Å²) in [6.07, 6.45) is 0.792. The molecular weight excluding hydrogens is 261 g/mol. The lowest BCUT2D eigenvalue weighted by Crippen LogP contribution is -2.48. The smallest absolute Gasteiger partial charge is 0.270 e. The molecule has 1 aromatic carbocycles. The molecule has 5 nitrogen and oxygen atoms in total. The zero-order chi connectivity index (χ0) is 14.1. The molecule has 1 aromatic heterocycles. The predicted molar refractivity (Wildman–Crippen MR) is 71.8 cm³/mol. The van der Waals surface area contributed by atoms with Gasteiger partial charge in [0, 0.05) is 31.6 Å². The van der Waals surface area contributed by atoms with Gasteiger partial charge in [-0.15, -0.1) is 0 Å². The van der Waals surface area contributed by atoms with Crippen LogP contribution in [0.3, 0.4) is 0 Å². The minimum atomic E-state index is -0.368. The summed E-state index contributed by atoms with van der Waals surface area (Å²) in [5.74, 6) is -0.529. The van der Waals surface area contributed by atoms with Crippen molar-refractivity contribution in [3.8, 4) is 0 Å². The first-order valence-corrected chi connectivity index (χ1v) is 6.45. The fourth-order valence-corrected chi connectivity index (χ4v) is 2.44. The van der Waals surface area contributed by atoms with Crippen LogP contribution >= 0.6 is 0 Å². The van der Waals surface area contributed by atoms with Crippen molar-refractivity contribution in [1.29, 1.82) is 0 Å². The van der Waals surface area contributed by atoms with Crippen LogP contribution in [-0.4, -0.2) is 53.3 Å². The summed E-state index contributed by atoms with van der Waals surface area (Å²) in [6, 6.07) is 6.39. The Kier molecular flexibility index (Phi) is 3.14. The largest absolute Gasteiger partial charge is 0.348 e. The maximum Gasteiger partial charge on any atom is 0.270 e. The van der Waals surface area contributed by atoms with Gasteiger partial charge in [0.1, 0.15) is 11.5 Å². The number of halogens is 1. The summed E-state index contributed by atoms with van der Waals surface area (Å²) in [5.41, 5.74) is 0.729. The summed E-state index contributed by atoms with van der Waals surface area (Å²) in [7, 11) is 0. The maximum absolute atomic E-state index is 13.6. The minimum Gasteiger partial charge on any atom is -0.348 e. The molecule has 0 saturated carbocycles. The van der Waals surface area contributed by atoms with Crippen LogP contribution in [0, 0.1) is 5.82 Å². The number of rotatable bonds is 2. The van der Waals surface area contributed by atoms with E-state index in [4.69, 9.17) is 0 Å². The average Bonchev–Trinajstić information content (AvgIpc) is 2.92. The molecule has 2 aromatic rings. The number of aromatic amines is 1. The van der Waals surface area contributed by atoms with Crippen LogP contribution in [0.1, 0.15) is 10.5 Å². The van der Waals surface area contributed by atoms with E-state index in [1.165, 1.54) is 6.07 Å². The first-order chi connectivity index (χ1) is 9.69. The number of carbonyl (C=O) groups excluding carboxylic acids is 2. The van der Waals surface area contributed by atoms with E-state index in [-0.39, 0.29) is 11.7 Å². The minimum absolute atomic E-state index is 0.161. The Morgan fingerprint density at radius 2 is 2.00 bits per heavy atom. The van der Waals surface area contributed by atoms with E-state index in [2.05, 4.69) is 4.98 Å². The highest BCUT2D eigenvalue weighted by Crippen LogP contribution is 2.19. The van der Waals surface area contributed by atoms with Gasteiger partial charge < -0.3 is 14.8 Å². The van der Waals surface area contributed by atoms with Gasteiger partial charge in [-0.05, 0) is 12.1 Å². The molecule has 1 aliphatic heterocycles. The van der Waals surface area contributed by atoms with Crippen LogP contribution < -0.4 is 0 Å². The fraction of sp³-hybridized carbons (Fsp3) is 0.286. The van der Waals surface area contributed by atoms with Gasteiger partial charge in [0.25, 0.3) is 5.91 Å². The topological polar surface area (TPSA) is 56.4 Å². The van der Waals surface area contributed by atoms with E-state index in [1.54, 1.807) is 28.0 Å². The summed E-state index contributed by atoms with van der Waals surface area (Å²) < 4.78 is 13.6. The zero-order valence-electron chi connectivity index (χ0n) is 10.8. The number of benzene rings is 1. The van der Waals surface area contributed by atoms with Crippen molar-refractivity contribution in [2.75, 3.05) is 26.2 Å². The Morgan fingerprint density at radius 3 is 2.65 bits per heavy atom. The molecule has 0 radical (unpaired) electrons. The zero-order valence-corrected chi connectivity index (χ0v) is 10.8. The molecule has 6 heteroatoms. The lowest BCUT2D eigenvalue weighted by atomic mass is 10.2. The molecule has 2 amide bonds. The summed E-state index contributed by atoms with van der Waals surface area (Å²) in [6.45, 7) is 2.05. The normalized spacial score (nSPS) is 15.7. The van der Waals surface area contributed by atoms with E-state index in [0.29, 0.717) is 42.8 Å². The van der Waals surface area contributed by atoms with Gasteiger partial charge in [-0.1, -0.05) is 12.1 Å². The summed E-state index contributed by atoms with van der Waals surface area (Å²) >= 11 is 0. The average molecular weight is 275 g/mol. The Morgan fingerprint density at radius 1 is 1.25 bits per heavy atom. The maximum atomic E-state index is 13.6. The van der Waals surface area contributed by atoms with Crippen LogP contribution in [-0.2, 0) is 4.79 Å². The number of fused-ring (bicyclic) bond motifs is 1. The number of nitrogens with one attached hydrogen (secondary N) is 1. The molecular formula is C14H14FN3O2. The number of H-pyrrole nitrogens is 1. The fourth-order valence-electron chi connectivity index (χ4n) is 2.44. The number of hydrogen-bond acceptors (Lipinski definition) is 2. The summed E-state index contributed by atoms with van der Waals surface area (Å²) in [5, 5.41) is 0.680. The SMILES string of the molecule is O=CN1CCN(C(=O)c2cc3cccc(F)c3[nH]2)CC1. The van der Waals surface area contributed by atoms with Gasteiger partial charge in [0.15, 0.2) is 0 Å². The molecule has 20 heavy (non-hydrogen) atoms. The molecule has 0 spiro atoms. The van der Waals surface area contributed by atoms with Gasteiger partial charge in [0.05, 0.1) is 5.52 Å². The molecule has 1 saturated heterocycles. The van der Waals surface area contributed by atoms with E-state index in [0.717, 1.165) is 6.41 Å². The van der Waals surface area contributed by atoms with Gasteiger partial charge >= 0.3 is 0 Å². The molecule has 1 N–H and O–H groups in total. The van der Waals surface area contributed by atoms with Crippen LogP contribution in [0.25, 0.3) is 10.9 Å². The molecule has 2 heterocycles. The van der Waals surface area contributed by atoms with Crippen LogP contribution in [0.4, 0.5) is 4.39 Å². The number of piperazine rings is 1. The predicted octanol–water partition coefficient (Wildman–Crippen LogP) is 1.22. The van der Waals surface area contributed by atoms with Crippen molar-refractivity contribution < 1.29 is 14.0 Å². The van der Waals surface area contributed by atoms with Crippen LogP contribution in [0.15, 0.2) is 24.3 Å². The quantitative estimate of drug-likeness (QED) is 0.838. The third-order valence-electron chi connectivity index (χ3n) is 3.59. The van der Waals surface area contributed by atoms with Crippen molar-refractivity contribution >= 4 is 23.2 Å². The number of para-hydroxylation sites is 1. The van der Waals surface area contributed by atoms with Gasteiger partial charge in [-0.25, -0.2) is 4.39 Å². The van der Waals surface area contributed by atoms with Crippen molar-refractivity contribution in [2.24, 2.45) is 0 Å². The van der Waals surface area contributed by atoms with Crippen LogP contribution in [0.5, 0.6) is 0 Å². The number of aromatic nitrogens is 1. The Balaban J connectivity index is 1.82. The molecule has 104 valence electrons. The van der Waals surface area contributed by atoms with Crippen molar-refractivity contribution in [3.63, 3.8) is 0 Å². The molecule has 1 fully saturated rings. The highest BCUT2D eigenvalue weighted by atomic mass is 19.1. The first kappa shape index (κ1) is 12.7. The highest BCUT2D eigenvalue weighted by Gasteiger charge is 2.22. The molecule has 1 aliphatic rings. The van der Waals surface area contributed by atoms with Gasteiger partial charge in [-0.3, -0.25) is 9.59 Å². The number of hydrogen-bond donors (Lipinski definition) is 1. The van der Waals surface area contributed by atoms with Gasteiger partial charge in [0.2, 0.25) is 6.41 Å². The van der Waals surface area contributed by atoms with E-state index in [1.807, 2.05) is 0 Å². The second kappa shape index (κ2) is 4.96. The first-order valence-electron chi connectivity index (χ1n) is 6.45. The third-order valence-corrected chi connectivity index (χ3v) is 3.59. The lowest BCUT2D eigenvalue weighted by molar-refractivity contribution is -0.119. The summed E-state index contributed by atoms with van der Waals surface area (Å²) in [4.78, 5) is 29.1. The second-order valence-corrected chi connectivity index (χ2v) is 4.82. The Hall–Kier alpha value is -2.37. The Labute approximate surface area is 115 Å². The van der Waals surface area contributed by atoms with Crippen molar-refractivity contribution in [2.45, 2.75) is 0 Å². The lowest BCUT2D eigenvalue weighted by Gasteiger charge is -2.32. The number of nitrogens with zero attached hydrogens (tertiary/aromatic N) is 2. The van der Waals surface area contributed by atoms with Crippen molar-refractivity contribution in [1.82, 2.24) is 14.8 Å². The Bertz CT molecular complexity index is 659. The number of carbonyl (C=O) groups is 2. The molecule has 0 unspecified atom stereocenters.